The SMILES string of the molecule is C=S1(=O)OC2CC3CC2C1C3. The van der Waals surface area contributed by atoms with Gasteiger partial charge in [0.05, 0.1) is 21.2 Å². The Kier molecular flexibility index (Phi) is 0.983. The van der Waals surface area contributed by atoms with Crippen LogP contribution in [0.5, 0.6) is 0 Å². The van der Waals surface area contributed by atoms with E-state index in [9.17, 15) is 4.21 Å². The van der Waals surface area contributed by atoms with Crippen molar-refractivity contribution in [1.29, 1.82) is 0 Å². The van der Waals surface area contributed by atoms with Crippen LogP contribution in [-0.2, 0) is 14.0 Å². The Balaban J connectivity index is 2.14. The summed E-state index contributed by atoms with van der Waals surface area (Å²) in [4.78, 5) is 0. The van der Waals surface area contributed by atoms with E-state index in [1.54, 1.807) is 0 Å². The molecule has 0 spiro atoms. The van der Waals surface area contributed by atoms with Gasteiger partial charge in [-0.25, -0.2) is 4.21 Å². The minimum atomic E-state index is -2.13. The van der Waals surface area contributed by atoms with Gasteiger partial charge in [-0.3, -0.25) is 4.18 Å². The highest BCUT2D eigenvalue weighted by Gasteiger charge is 2.56. The van der Waals surface area contributed by atoms with E-state index in [-0.39, 0.29) is 0 Å². The Morgan fingerprint density at radius 1 is 1.36 bits per heavy atom. The fourth-order valence-corrected chi connectivity index (χ4v) is 5.19. The van der Waals surface area contributed by atoms with Gasteiger partial charge in [-0.15, -0.1) is 0 Å². The van der Waals surface area contributed by atoms with Gasteiger partial charge in [-0.05, 0) is 31.1 Å². The van der Waals surface area contributed by atoms with Crippen LogP contribution >= 0.6 is 0 Å². The van der Waals surface area contributed by atoms with Gasteiger partial charge in [-0.2, -0.15) is 0 Å². The molecule has 2 saturated carbocycles. The van der Waals surface area contributed by atoms with Gasteiger partial charge < -0.3 is 0 Å². The van der Waals surface area contributed by atoms with E-state index in [1.165, 1.54) is 6.42 Å². The second-order valence-corrected chi connectivity index (χ2v) is 6.20. The van der Waals surface area contributed by atoms with Crippen LogP contribution in [-0.4, -0.2) is 21.4 Å². The maximum atomic E-state index is 11.7. The summed E-state index contributed by atoms with van der Waals surface area (Å²) in [7, 11) is -2.13. The first kappa shape index (κ1) is 6.49. The third-order valence-corrected chi connectivity index (χ3v) is 5.48. The highest BCUT2D eigenvalue weighted by molar-refractivity contribution is 7.96. The van der Waals surface area contributed by atoms with E-state index in [0.717, 1.165) is 18.8 Å². The third-order valence-electron chi connectivity index (χ3n) is 3.44. The molecule has 0 radical (unpaired) electrons. The van der Waals surface area contributed by atoms with Crippen molar-refractivity contribution in [2.45, 2.75) is 30.6 Å². The zero-order chi connectivity index (χ0) is 7.64. The van der Waals surface area contributed by atoms with Crippen molar-refractivity contribution in [1.82, 2.24) is 0 Å². The van der Waals surface area contributed by atoms with Crippen molar-refractivity contribution in [3.05, 3.63) is 0 Å². The van der Waals surface area contributed by atoms with Gasteiger partial charge in [-0.1, -0.05) is 0 Å². The van der Waals surface area contributed by atoms with Gasteiger partial charge in [0, 0.05) is 5.92 Å². The maximum absolute atomic E-state index is 11.7. The minimum Gasteiger partial charge on any atom is -0.294 e. The van der Waals surface area contributed by atoms with Gasteiger partial charge in [0.1, 0.15) is 0 Å². The number of rotatable bonds is 0. The molecule has 3 fully saturated rings. The molecular formula is C8H12O2S. The summed E-state index contributed by atoms with van der Waals surface area (Å²) >= 11 is 0. The largest absolute Gasteiger partial charge is 0.294 e. The number of hydrogen-bond donors (Lipinski definition) is 0. The summed E-state index contributed by atoms with van der Waals surface area (Å²) in [5.74, 6) is 5.10. The van der Waals surface area contributed by atoms with Gasteiger partial charge in [0.2, 0.25) is 0 Å². The Labute approximate surface area is 67.1 Å². The second kappa shape index (κ2) is 1.67. The third kappa shape index (κ3) is 0.662. The van der Waals surface area contributed by atoms with Crippen LogP contribution in [0.15, 0.2) is 0 Å². The molecule has 2 aliphatic carbocycles. The lowest BCUT2D eigenvalue weighted by Crippen LogP contribution is -2.21. The second-order valence-electron chi connectivity index (χ2n) is 4.07. The molecule has 0 amide bonds. The van der Waals surface area contributed by atoms with Crippen LogP contribution in [0.25, 0.3) is 0 Å². The van der Waals surface area contributed by atoms with Crippen LogP contribution in [0.2, 0.25) is 0 Å². The van der Waals surface area contributed by atoms with Gasteiger partial charge >= 0.3 is 0 Å². The molecule has 2 nitrogen and oxygen atoms in total. The smallest absolute Gasteiger partial charge is 0.0806 e. The van der Waals surface area contributed by atoms with E-state index in [4.69, 9.17) is 4.18 Å². The van der Waals surface area contributed by atoms with Crippen molar-refractivity contribution >= 4 is 15.7 Å². The zero-order valence-corrected chi connectivity index (χ0v) is 7.18. The standard InChI is InChI=1S/C8H12O2S/c1-11(9)8-4-5-2-6(8)7(3-5)10-11/h5-8H,1-4H2. The maximum Gasteiger partial charge on any atom is 0.0806 e. The van der Waals surface area contributed by atoms with E-state index in [2.05, 4.69) is 5.87 Å². The molecule has 62 valence electrons. The Morgan fingerprint density at radius 3 is 2.73 bits per heavy atom. The van der Waals surface area contributed by atoms with E-state index < -0.39 is 9.80 Å². The Bertz CT molecular complexity index is 291. The van der Waals surface area contributed by atoms with Gasteiger partial charge in [0.15, 0.2) is 0 Å². The van der Waals surface area contributed by atoms with E-state index >= 15 is 0 Å². The molecule has 5 atom stereocenters. The van der Waals surface area contributed by atoms with Gasteiger partial charge in [0.25, 0.3) is 0 Å². The predicted octanol–water partition coefficient (Wildman–Crippen LogP) is 0.815. The average Bonchev–Trinajstić information content (AvgIpc) is 2.44. The van der Waals surface area contributed by atoms with Crippen LogP contribution < -0.4 is 0 Å². The lowest BCUT2D eigenvalue weighted by atomic mass is 9.98. The first-order chi connectivity index (χ1) is 5.17. The molecule has 0 N–H and O–H groups in total. The van der Waals surface area contributed by atoms with Crippen LogP contribution in [0, 0.1) is 11.8 Å². The Hall–Kier alpha value is -0.0200. The van der Waals surface area contributed by atoms with Crippen molar-refractivity contribution in [3.8, 4) is 0 Å². The molecule has 0 aromatic heterocycles. The molecule has 1 aliphatic heterocycles. The Morgan fingerprint density at radius 2 is 2.18 bits per heavy atom. The van der Waals surface area contributed by atoms with Crippen molar-refractivity contribution in [2.75, 3.05) is 0 Å². The van der Waals surface area contributed by atoms with Crippen LogP contribution in [0.4, 0.5) is 0 Å². The topological polar surface area (TPSA) is 26.3 Å². The van der Waals surface area contributed by atoms with Crippen molar-refractivity contribution < 1.29 is 8.39 Å². The highest BCUT2D eigenvalue weighted by atomic mass is 32.2. The molecule has 3 rings (SSSR count). The molecule has 1 heterocycles. The highest BCUT2D eigenvalue weighted by Crippen LogP contribution is 2.54. The molecular weight excluding hydrogens is 160 g/mol. The first-order valence-electron chi connectivity index (χ1n) is 4.21. The normalized spacial score (nSPS) is 65.8. The molecule has 11 heavy (non-hydrogen) atoms. The number of hydrogen-bond acceptors (Lipinski definition) is 2. The predicted molar refractivity (Wildman–Crippen MR) is 44.8 cm³/mol. The lowest BCUT2D eigenvalue weighted by molar-refractivity contribution is 0.202. The average molecular weight is 172 g/mol. The molecule has 0 aromatic carbocycles. The fourth-order valence-electron chi connectivity index (χ4n) is 3.03. The van der Waals surface area contributed by atoms with E-state index in [1.807, 2.05) is 0 Å². The van der Waals surface area contributed by atoms with Crippen molar-refractivity contribution in [2.24, 2.45) is 11.8 Å². The van der Waals surface area contributed by atoms with Crippen LogP contribution in [0.1, 0.15) is 19.3 Å². The molecule has 2 bridgehead atoms. The molecule has 0 aromatic rings. The quantitative estimate of drug-likeness (QED) is 0.506. The summed E-state index contributed by atoms with van der Waals surface area (Å²) in [6, 6.07) is 0. The van der Waals surface area contributed by atoms with Crippen LogP contribution in [0.3, 0.4) is 0 Å². The minimum absolute atomic E-state index is 0.309. The number of fused-ring (bicyclic) bond motifs is 1. The lowest BCUT2D eigenvalue weighted by Gasteiger charge is -2.12. The molecule has 5 unspecified atom stereocenters. The molecule has 3 aliphatic rings. The fraction of sp³-hybridized carbons (Fsp3) is 0.875. The zero-order valence-electron chi connectivity index (χ0n) is 6.36. The molecule has 3 heteroatoms. The summed E-state index contributed by atoms with van der Waals surface area (Å²) in [5.41, 5.74) is 0. The summed E-state index contributed by atoms with van der Waals surface area (Å²) in [6.45, 7) is 0. The van der Waals surface area contributed by atoms with E-state index in [0.29, 0.717) is 17.3 Å². The molecule has 1 saturated heterocycles. The first-order valence-corrected chi connectivity index (χ1v) is 5.92. The monoisotopic (exact) mass is 172 g/mol. The summed E-state index contributed by atoms with van der Waals surface area (Å²) in [6.07, 6.45) is 3.82. The summed E-state index contributed by atoms with van der Waals surface area (Å²) in [5, 5.41) is 0.311. The van der Waals surface area contributed by atoms with Crippen molar-refractivity contribution in [3.63, 3.8) is 0 Å². The summed E-state index contributed by atoms with van der Waals surface area (Å²) < 4.78 is 17.1.